The van der Waals surface area contributed by atoms with Gasteiger partial charge in [-0.05, 0) is 45.7 Å². The zero-order valence-electron chi connectivity index (χ0n) is 13.4. The minimum absolute atomic E-state index is 0.00152. The SMILES string of the molecule is Cc1ccc(S(=O)(=O)N2CCCC[C@H]2C(=O)NC(C)C)cc1. The van der Waals surface area contributed by atoms with Crippen LogP contribution >= 0.6 is 0 Å². The zero-order chi connectivity index (χ0) is 16.3. The van der Waals surface area contributed by atoms with Crippen LogP contribution in [0.2, 0.25) is 0 Å². The van der Waals surface area contributed by atoms with Gasteiger partial charge in [0.25, 0.3) is 0 Å². The normalized spacial score (nSPS) is 20.1. The van der Waals surface area contributed by atoms with Gasteiger partial charge in [-0.3, -0.25) is 4.79 Å². The first-order valence-corrected chi connectivity index (χ1v) is 9.15. The van der Waals surface area contributed by atoms with E-state index in [1.807, 2.05) is 20.8 Å². The quantitative estimate of drug-likeness (QED) is 0.922. The molecule has 6 heteroatoms. The minimum Gasteiger partial charge on any atom is -0.353 e. The van der Waals surface area contributed by atoms with Crippen molar-refractivity contribution in [2.75, 3.05) is 6.54 Å². The molecular formula is C16H24N2O3S. The highest BCUT2D eigenvalue weighted by Gasteiger charge is 2.37. The third-order valence-corrected chi connectivity index (χ3v) is 5.74. The molecule has 0 spiro atoms. The molecule has 122 valence electrons. The monoisotopic (exact) mass is 324 g/mol. The molecule has 0 unspecified atom stereocenters. The lowest BCUT2D eigenvalue weighted by Gasteiger charge is -2.34. The summed E-state index contributed by atoms with van der Waals surface area (Å²) in [6, 6.07) is 6.16. The Bertz CT molecular complexity index is 623. The smallest absolute Gasteiger partial charge is 0.243 e. The number of hydrogen-bond acceptors (Lipinski definition) is 3. The molecule has 1 saturated heterocycles. The van der Waals surface area contributed by atoms with E-state index in [4.69, 9.17) is 0 Å². The van der Waals surface area contributed by atoms with E-state index in [9.17, 15) is 13.2 Å². The lowest BCUT2D eigenvalue weighted by Crippen LogP contribution is -2.52. The average molecular weight is 324 g/mol. The molecule has 1 aliphatic rings. The highest BCUT2D eigenvalue weighted by molar-refractivity contribution is 7.89. The van der Waals surface area contributed by atoms with Crippen molar-refractivity contribution in [3.05, 3.63) is 29.8 Å². The van der Waals surface area contributed by atoms with Gasteiger partial charge in [-0.25, -0.2) is 8.42 Å². The highest BCUT2D eigenvalue weighted by atomic mass is 32.2. The predicted molar refractivity (Wildman–Crippen MR) is 86.0 cm³/mol. The average Bonchev–Trinajstić information content (AvgIpc) is 2.47. The summed E-state index contributed by atoms with van der Waals surface area (Å²) < 4.78 is 27.1. The molecule has 0 radical (unpaired) electrons. The number of piperidine rings is 1. The number of amides is 1. The van der Waals surface area contributed by atoms with Crippen LogP contribution in [0.1, 0.15) is 38.7 Å². The number of rotatable bonds is 4. The Morgan fingerprint density at radius 3 is 2.45 bits per heavy atom. The third-order valence-electron chi connectivity index (χ3n) is 3.81. The maximum Gasteiger partial charge on any atom is 0.243 e. The summed E-state index contributed by atoms with van der Waals surface area (Å²) in [6.45, 7) is 6.06. The molecule has 1 N–H and O–H groups in total. The van der Waals surface area contributed by atoms with Crippen LogP contribution in [0, 0.1) is 6.92 Å². The fourth-order valence-corrected chi connectivity index (χ4v) is 4.34. The van der Waals surface area contributed by atoms with Crippen molar-refractivity contribution in [1.29, 1.82) is 0 Å². The summed E-state index contributed by atoms with van der Waals surface area (Å²) in [5, 5.41) is 2.83. The Labute approximate surface area is 132 Å². The topological polar surface area (TPSA) is 66.5 Å². The van der Waals surface area contributed by atoms with Gasteiger partial charge in [-0.15, -0.1) is 0 Å². The van der Waals surface area contributed by atoms with Crippen LogP contribution < -0.4 is 5.32 Å². The molecule has 1 amide bonds. The second-order valence-electron chi connectivity index (χ2n) is 6.10. The maximum atomic E-state index is 12.8. The van der Waals surface area contributed by atoms with Gasteiger partial charge in [0.15, 0.2) is 0 Å². The molecule has 2 rings (SSSR count). The first-order valence-electron chi connectivity index (χ1n) is 7.71. The Kier molecular flexibility index (Phi) is 5.24. The molecule has 1 aliphatic heterocycles. The fraction of sp³-hybridized carbons (Fsp3) is 0.562. The van der Waals surface area contributed by atoms with E-state index < -0.39 is 16.1 Å². The molecule has 0 saturated carbocycles. The van der Waals surface area contributed by atoms with Gasteiger partial charge < -0.3 is 5.32 Å². The van der Waals surface area contributed by atoms with Crippen LogP contribution in [0.4, 0.5) is 0 Å². The molecule has 1 aromatic carbocycles. The summed E-state index contributed by atoms with van der Waals surface area (Å²) in [6.07, 6.45) is 2.23. The van der Waals surface area contributed by atoms with Crippen molar-refractivity contribution >= 4 is 15.9 Å². The van der Waals surface area contributed by atoms with Crippen molar-refractivity contribution in [2.24, 2.45) is 0 Å². The lowest BCUT2D eigenvalue weighted by molar-refractivity contribution is -0.126. The summed E-state index contributed by atoms with van der Waals surface area (Å²) in [7, 11) is -3.64. The first kappa shape index (κ1) is 17.0. The van der Waals surface area contributed by atoms with E-state index in [0.29, 0.717) is 13.0 Å². The van der Waals surface area contributed by atoms with Crippen LogP contribution in [0.3, 0.4) is 0 Å². The summed E-state index contributed by atoms with van der Waals surface area (Å²) in [5.41, 5.74) is 1.01. The largest absolute Gasteiger partial charge is 0.353 e. The number of sulfonamides is 1. The van der Waals surface area contributed by atoms with Crippen LogP contribution in [-0.4, -0.2) is 37.3 Å². The van der Waals surface area contributed by atoms with Gasteiger partial charge in [0.05, 0.1) is 4.90 Å². The Hall–Kier alpha value is -1.40. The number of carbonyl (C=O) groups excluding carboxylic acids is 1. The van der Waals surface area contributed by atoms with Crippen LogP contribution in [0.25, 0.3) is 0 Å². The van der Waals surface area contributed by atoms with Crippen molar-refractivity contribution in [1.82, 2.24) is 9.62 Å². The molecule has 1 heterocycles. The van der Waals surface area contributed by atoms with Crippen molar-refractivity contribution in [2.45, 2.75) is 57.0 Å². The van der Waals surface area contributed by atoms with Crippen molar-refractivity contribution in [3.8, 4) is 0 Å². The minimum atomic E-state index is -3.64. The molecule has 22 heavy (non-hydrogen) atoms. The van der Waals surface area contributed by atoms with Gasteiger partial charge in [0.2, 0.25) is 15.9 Å². The Balaban J connectivity index is 2.29. The molecule has 0 aromatic heterocycles. The summed E-state index contributed by atoms with van der Waals surface area (Å²) >= 11 is 0. The maximum absolute atomic E-state index is 12.8. The summed E-state index contributed by atoms with van der Waals surface area (Å²) in [4.78, 5) is 12.6. The second-order valence-corrected chi connectivity index (χ2v) is 7.99. The fourth-order valence-electron chi connectivity index (χ4n) is 2.68. The van der Waals surface area contributed by atoms with E-state index in [1.54, 1.807) is 24.3 Å². The molecular weight excluding hydrogens is 300 g/mol. The second kappa shape index (κ2) is 6.79. The van der Waals surface area contributed by atoms with E-state index in [1.165, 1.54) is 4.31 Å². The Morgan fingerprint density at radius 1 is 1.23 bits per heavy atom. The molecule has 1 aromatic rings. The van der Waals surface area contributed by atoms with Crippen LogP contribution in [-0.2, 0) is 14.8 Å². The molecule has 0 aliphatic carbocycles. The van der Waals surface area contributed by atoms with Crippen molar-refractivity contribution < 1.29 is 13.2 Å². The molecule has 5 nitrogen and oxygen atoms in total. The van der Waals surface area contributed by atoms with Gasteiger partial charge in [0.1, 0.15) is 6.04 Å². The Morgan fingerprint density at radius 2 is 1.86 bits per heavy atom. The van der Waals surface area contributed by atoms with E-state index in [2.05, 4.69) is 5.32 Å². The van der Waals surface area contributed by atoms with Gasteiger partial charge in [-0.2, -0.15) is 4.31 Å². The number of carbonyl (C=O) groups is 1. The lowest BCUT2D eigenvalue weighted by atomic mass is 10.0. The van der Waals surface area contributed by atoms with E-state index in [-0.39, 0.29) is 16.8 Å². The first-order chi connectivity index (χ1) is 10.3. The van der Waals surface area contributed by atoms with Crippen molar-refractivity contribution in [3.63, 3.8) is 0 Å². The number of aryl methyl sites for hydroxylation is 1. The van der Waals surface area contributed by atoms with Crippen LogP contribution in [0.5, 0.6) is 0 Å². The molecule has 0 bridgehead atoms. The van der Waals surface area contributed by atoms with Gasteiger partial charge in [-0.1, -0.05) is 24.1 Å². The standard InChI is InChI=1S/C16H24N2O3S/c1-12(2)17-16(19)15-6-4-5-11-18(15)22(20,21)14-9-7-13(3)8-10-14/h7-10,12,15H,4-6,11H2,1-3H3,(H,17,19)/t15-/m0/s1. The number of nitrogens with one attached hydrogen (secondary N) is 1. The summed E-state index contributed by atoms with van der Waals surface area (Å²) in [5.74, 6) is -0.203. The molecule has 1 fully saturated rings. The van der Waals surface area contributed by atoms with Gasteiger partial charge >= 0.3 is 0 Å². The predicted octanol–water partition coefficient (Wildman–Crippen LogP) is 2.06. The van der Waals surface area contributed by atoms with Crippen LogP contribution in [0.15, 0.2) is 29.2 Å². The van der Waals surface area contributed by atoms with E-state index in [0.717, 1.165) is 18.4 Å². The number of nitrogens with zero attached hydrogens (tertiary/aromatic N) is 1. The van der Waals surface area contributed by atoms with E-state index >= 15 is 0 Å². The zero-order valence-corrected chi connectivity index (χ0v) is 14.2. The number of hydrogen-bond donors (Lipinski definition) is 1. The highest BCUT2D eigenvalue weighted by Crippen LogP contribution is 2.25. The third kappa shape index (κ3) is 3.67. The van der Waals surface area contributed by atoms with Gasteiger partial charge in [0, 0.05) is 12.6 Å². The number of benzene rings is 1. The molecule has 1 atom stereocenters.